The highest BCUT2D eigenvalue weighted by atomic mass is 127. The van der Waals surface area contributed by atoms with Crippen LogP contribution in [-0.2, 0) is 6.42 Å². The first-order chi connectivity index (χ1) is 13.3. The molecule has 3 rings (SSSR count). The third-order valence-corrected chi connectivity index (χ3v) is 5.37. The number of nitrogens with one attached hydrogen (secondary N) is 3. The van der Waals surface area contributed by atoms with Crippen LogP contribution in [0.1, 0.15) is 18.4 Å². The average Bonchev–Trinajstić information content (AvgIpc) is 3.11. The van der Waals surface area contributed by atoms with Crippen molar-refractivity contribution < 1.29 is 0 Å². The van der Waals surface area contributed by atoms with Crippen LogP contribution in [0.15, 0.2) is 35.5 Å². The zero-order chi connectivity index (χ0) is 18.9. The van der Waals surface area contributed by atoms with Crippen molar-refractivity contribution >= 4 is 40.8 Å². The van der Waals surface area contributed by atoms with Crippen LogP contribution in [0.2, 0.25) is 0 Å². The van der Waals surface area contributed by atoms with E-state index < -0.39 is 0 Å². The molecule has 0 aliphatic carbocycles. The molecule has 0 bridgehead atoms. The fourth-order valence-corrected chi connectivity index (χ4v) is 3.61. The fraction of sp³-hybridized carbons (Fsp3) is 0.571. The highest BCUT2D eigenvalue weighted by Gasteiger charge is 2.12. The largest absolute Gasteiger partial charge is 0.361 e. The van der Waals surface area contributed by atoms with Gasteiger partial charge in [0, 0.05) is 63.4 Å². The van der Waals surface area contributed by atoms with Gasteiger partial charge in [0.25, 0.3) is 0 Å². The lowest BCUT2D eigenvalue weighted by molar-refractivity contribution is 0.152. The second-order valence-electron chi connectivity index (χ2n) is 7.39. The van der Waals surface area contributed by atoms with E-state index in [-0.39, 0.29) is 24.0 Å². The number of benzene rings is 1. The minimum Gasteiger partial charge on any atom is -0.361 e. The van der Waals surface area contributed by atoms with E-state index in [1.54, 1.807) is 0 Å². The fourth-order valence-electron chi connectivity index (χ4n) is 3.61. The first-order valence-corrected chi connectivity index (χ1v) is 10.2. The topological polar surface area (TPSA) is 58.7 Å². The van der Waals surface area contributed by atoms with E-state index in [0.717, 1.165) is 25.5 Å². The lowest BCUT2D eigenvalue weighted by Gasteiger charge is -2.32. The van der Waals surface area contributed by atoms with Crippen molar-refractivity contribution in [3.05, 3.63) is 36.0 Å². The molecule has 0 saturated carbocycles. The van der Waals surface area contributed by atoms with Gasteiger partial charge in [-0.3, -0.25) is 4.99 Å². The molecule has 1 aliphatic rings. The molecule has 1 aromatic heterocycles. The van der Waals surface area contributed by atoms with E-state index in [0.29, 0.717) is 0 Å². The van der Waals surface area contributed by atoms with Crippen LogP contribution in [0.3, 0.4) is 0 Å². The summed E-state index contributed by atoms with van der Waals surface area (Å²) in [7, 11) is 4.05. The number of H-pyrrole nitrogens is 1. The number of fused-ring (bicyclic) bond motifs is 1. The molecule has 0 spiro atoms. The van der Waals surface area contributed by atoms with Crippen molar-refractivity contribution in [1.29, 1.82) is 0 Å². The van der Waals surface area contributed by atoms with Crippen LogP contribution in [0, 0.1) is 0 Å². The maximum atomic E-state index is 4.34. The Morgan fingerprint density at radius 1 is 1.07 bits per heavy atom. The first-order valence-electron chi connectivity index (χ1n) is 10.2. The molecular formula is C21H35IN6. The van der Waals surface area contributed by atoms with Gasteiger partial charge in [-0.1, -0.05) is 18.2 Å². The molecule has 1 fully saturated rings. The van der Waals surface area contributed by atoms with Gasteiger partial charge in [-0.15, -0.1) is 24.0 Å². The average molecular weight is 498 g/mol. The number of halogens is 1. The molecule has 156 valence electrons. The zero-order valence-electron chi connectivity index (χ0n) is 17.2. The third-order valence-electron chi connectivity index (χ3n) is 5.37. The molecule has 2 aromatic rings. The van der Waals surface area contributed by atoms with Crippen LogP contribution in [0.4, 0.5) is 0 Å². The molecule has 2 heterocycles. The minimum absolute atomic E-state index is 0. The van der Waals surface area contributed by atoms with Gasteiger partial charge in [0.05, 0.1) is 0 Å². The summed E-state index contributed by atoms with van der Waals surface area (Å²) >= 11 is 0. The molecular weight excluding hydrogens is 463 g/mol. The van der Waals surface area contributed by atoms with Crippen LogP contribution < -0.4 is 10.6 Å². The van der Waals surface area contributed by atoms with Gasteiger partial charge >= 0.3 is 0 Å². The van der Waals surface area contributed by atoms with Gasteiger partial charge in [0.2, 0.25) is 0 Å². The molecule has 0 radical (unpaired) electrons. The maximum absolute atomic E-state index is 4.34. The van der Waals surface area contributed by atoms with Crippen molar-refractivity contribution in [2.24, 2.45) is 4.99 Å². The van der Waals surface area contributed by atoms with Crippen molar-refractivity contribution in [3.8, 4) is 0 Å². The van der Waals surface area contributed by atoms with Gasteiger partial charge in [0.1, 0.15) is 0 Å². The number of guanidine groups is 1. The molecule has 0 atom stereocenters. The second kappa shape index (κ2) is 12.3. The molecule has 0 amide bonds. The normalized spacial score (nSPS) is 16.1. The van der Waals surface area contributed by atoms with Gasteiger partial charge in [0.15, 0.2) is 5.96 Å². The van der Waals surface area contributed by atoms with Crippen molar-refractivity contribution in [2.75, 3.05) is 59.9 Å². The van der Waals surface area contributed by atoms with Crippen molar-refractivity contribution in [1.82, 2.24) is 25.4 Å². The van der Waals surface area contributed by atoms with E-state index in [1.165, 1.54) is 62.0 Å². The van der Waals surface area contributed by atoms with Gasteiger partial charge < -0.3 is 25.4 Å². The summed E-state index contributed by atoms with van der Waals surface area (Å²) in [4.78, 5) is 12.7. The summed E-state index contributed by atoms with van der Waals surface area (Å²) < 4.78 is 0. The Hall–Kier alpha value is -1.32. The predicted molar refractivity (Wildman–Crippen MR) is 130 cm³/mol. The first kappa shape index (κ1) is 23.0. The lowest BCUT2D eigenvalue weighted by Crippen LogP contribution is -2.44. The lowest BCUT2D eigenvalue weighted by atomic mass is 10.1. The molecule has 1 saturated heterocycles. The van der Waals surface area contributed by atoms with Crippen molar-refractivity contribution in [3.63, 3.8) is 0 Å². The second-order valence-corrected chi connectivity index (χ2v) is 7.39. The highest BCUT2D eigenvalue weighted by Crippen LogP contribution is 2.17. The number of unbranched alkanes of at least 4 members (excludes halogenated alkanes) is 1. The number of para-hydroxylation sites is 1. The summed E-state index contributed by atoms with van der Waals surface area (Å²) in [6.45, 7) is 7.88. The molecule has 3 N–H and O–H groups in total. The SMILES string of the molecule is CN=C(NCCCCN1CCN(C)CC1)NCCc1c[nH]c2ccccc12.I. The summed E-state index contributed by atoms with van der Waals surface area (Å²) in [5.41, 5.74) is 2.55. The molecule has 0 unspecified atom stereocenters. The molecule has 28 heavy (non-hydrogen) atoms. The standard InChI is InChI=1S/C21H34N6.HI/c1-22-21(23-10-5-6-12-27-15-13-26(2)14-16-27)24-11-9-18-17-25-20-8-4-3-7-19(18)20;/h3-4,7-8,17,25H,5-6,9-16H2,1-2H3,(H2,22,23,24);1H. The van der Waals surface area contributed by atoms with Crippen LogP contribution in [0.5, 0.6) is 0 Å². The van der Waals surface area contributed by atoms with E-state index in [4.69, 9.17) is 0 Å². The van der Waals surface area contributed by atoms with E-state index in [1.807, 2.05) is 7.05 Å². The predicted octanol–water partition coefficient (Wildman–Crippen LogP) is 2.52. The quantitative estimate of drug-likeness (QED) is 0.227. The van der Waals surface area contributed by atoms with E-state index in [9.17, 15) is 0 Å². The Morgan fingerprint density at radius 2 is 1.82 bits per heavy atom. The maximum Gasteiger partial charge on any atom is 0.190 e. The third kappa shape index (κ3) is 6.93. The number of hydrogen-bond acceptors (Lipinski definition) is 3. The Bertz CT molecular complexity index is 721. The molecule has 1 aliphatic heterocycles. The Labute approximate surface area is 186 Å². The van der Waals surface area contributed by atoms with Gasteiger partial charge in [-0.05, 0) is 44.5 Å². The number of likely N-dealkylation sites (N-methyl/N-ethyl adjacent to an activating group) is 1. The van der Waals surface area contributed by atoms with Gasteiger partial charge in [-0.25, -0.2) is 0 Å². The number of aliphatic imine (C=N–C) groups is 1. The van der Waals surface area contributed by atoms with Gasteiger partial charge in [-0.2, -0.15) is 0 Å². The van der Waals surface area contributed by atoms with Crippen molar-refractivity contribution in [2.45, 2.75) is 19.3 Å². The summed E-state index contributed by atoms with van der Waals surface area (Å²) in [5.74, 6) is 0.898. The summed E-state index contributed by atoms with van der Waals surface area (Å²) in [5, 5.41) is 8.17. The number of hydrogen-bond donors (Lipinski definition) is 3. The molecule has 6 nitrogen and oxygen atoms in total. The Balaban J connectivity index is 0.00000280. The number of nitrogens with zero attached hydrogens (tertiary/aromatic N) is 3. The van der Waals surface area contributed by atoms with Crippen LogP contribution in [0.25, 0.3) is 10.9 Å². The number of aromatic amines is 1. The zero-order valence-corrected chi connectivity index (χ0v) is 19.5. The number of aromatic nitrogens is 1. The minimum atomic E-state index is 0. The van der Waals surface area contributed by atoms with Crippen LogP contribution >= 0.6 is 24.0 Å². The smallest absolute Gasteiger partial charge is 0.190 e. The van der Waals surface area contributed by atoms with Crippen LogP contribution in [-0.4, -0.2) is 80.7 Å². The summed E-state index contributed by atoms with van der Waals surface area (Å²) in [6.07, 6.45) is 5.51. The Morgan fingerprint density at radius 3 is 2.61 bits per heavy atom. The molecule has 1 aromatic carbocycles. The number of rotatable bonds is 8. The monoisotopic (exact) mass is 498 g/mol. The number of piperazine rings is 1. The molecule has 7 heteroatoms. The highest BCUT2D eigenvalue weighted by molar-refractivity contribution is 14.0. The summed E-state index contributed by atoms with van der Waals surface area (Å²) in [6, 6.07) is 8.45. The van der Waals surface area contributed by atoms with E-state index in [2.05, 4.69) is 67.9 Å². The Kier molecular flexibility index (Phi) is 10.1. The van der Waals surface area contributed by atoms with E-state index >= 15 is 0 Å².